The Morgan fingerprint density at radius 3 is 1.58 bits per heavy atom. The van der Waals surface area contributed by atoms with Gasteiger partial charge in [0, 0.05) is 0 Å². The average Bonchev–Trinajstić information content (AvgIpc) is 2.08. The molecule has 0 atom stereocenters. The molecule has 0 saturated heterocycles. The first-order chi connectivity index (χ1) is 5.61. The maximum Gasteiger partial charge on any atom is 0.0884 e. The maximum atomic E-state index is 8.25. The molecule has 2 heteroatoms. The molecule has 1 saturated carbocycles. The third-order valence-corrected chi connectivity index (χ3v) is 2.67. The van der Waals surface area contributed by atoms with E-state index in [-0.39, 0.29) is 0 Å². The lowest BCUT2D eigenvalue weighted by molar-refractivity contribution is -0.897. The predicted octanol–water partition coefficient (Wildman–Crippen LogP) is 1.00. The van der Waals surface area contributed by atoms with Gasteiger partial charge in [-0.1, -0.05) is 6.42 Å². The van der Waals surface area contributed by atoms with Crippen molar-refractivity contribution in [1.82, 2.24) is 0 Å². The minimum atomic E-state index is 0.750. The molecule has 1 aliphatic carbocycles. The van der Waals surface area contributed by atoms with Gasteiger partial charge in [-0.3, -0.25) is 0 Å². The Balaban J connectivity index is 0.000000561. The van der Waals surface area contributed by atoms with Crippen molar-refractivity contribution in [2.75, 3.05) is 28.3 Å². The molecule has 0 spiro atoms. The third kappa shape index (κ3) is 4.07. The van der Waals surface area contributed by atoms with Gasteiger partial charge in [-0.25, -0.2) is 0 Å². The van der Waals surface area contributed by atoms with Gasteiger partial charge in [-0.15, -0.1) is 0 Å². The second-order valence-corrected chi connectivity index (χ2v) is 4.41. The molecule has 0 N–H and O–H groups in total. The number of hydrogen-bond acceptors (Lipinski definition) is 1. The minimum absolute atomic E-state index is 0.750. The standard InChI is InChI=1S/C9H20N.CH3O/c1-10(2,3)9-7-5-4-6-8-9;1-2/h9H,4-8H2,1-3H3;1H3/q+1;-1. The first-order valence-electron chi connectivity index (χ1n) is 4.82. The zero-order valence-electron chi connectivity index (χ0n) is 8.97. The molecule has 0 aromatic rings. The maximum absolute atomic E-state index is 8.25. The topological polar surface area (TPSA) is 23.1 Å². The van der Waals surface area contributed by atoms with Crippen molar-refractivity contribution in [3.8, 4) is 0 Å². The van der Waals surface area contributed by atoms with Gasteiger partial charge in [0.15, 0.2) is 0 Å². The van der Waals surface area contributed by atoms with Crippen LogP contribution in [0.15, 0.2) is 0 Å². The van der Waals surface area contributed by atoms with Crippen molar-refractivity contribution in [1.29, 1.82) is 0 Å². The fourth-order valence-corrected chi connectivity index (χ4v) is 1.86. The fraction of sp³-hybridized carbons (Fsp3) is 1.00. The van der Waals surface area contributed by atoms with Crippen molar-refractivity contribution in [3.63, 3.8) is 0 Å². The van der Waals surface area contributed by atoms with Crippen LogP contribution in [0.2, 0.25) is 0 Å². The molecule has 1 rings (SSSR count). The lowest BCUT2D eigenvalue weighted by Crippen LogP contribution is -2.45. The molecule has 0 aromatic heterocycles. The molecule has 2 nitrogen and oxygen atoms in total. The monoisotopic (exact) mass is 173 g/mol. The summed E-state index contributed by atoms with van der Waals surface area (Å²) in [7, 11) is 7.70. The highest BCUT2D eigenvalue weighted by Gasteiger charge is 2.24. The third-order valence-electron chi connectivity index (χ3n) is 2.67. The van der Waals surface area contributed by atoms with Gasteiger partial charge in [0.25, 0.3) is 0 Å². The van der Waals surface area contributed by atoms with Crippen LogP contribution in [0.5, 0.6) is 0 Å². The van der Waals surface area contributed by atoms with Crippen LogP contribution >= 0.6 is 0 Å². The van der Waals surface area contributed by atoms with E-state index >= 15 is 0 Å². The molecule has 74 valence electrons. The Labute approximate surface area is 76.8 Å². The van der Waals surface area contributed by atoms with Gasteiger partial charge in [0.05, 0.1) is 27.2 Å². The minimum Gasteiger partial charge on any atom is -0.857 e. The van der Waals surface area contributed by atoms with Gasteiger partial charge in [-0.05, 0) is 25.7 Å². The highest BCUT2D eigenvalue weighted by molar-refractivity contribution is 4.64. The van der Waals surface area contributed by atoms with Crippen LogP contribution in [-0.2, 0) is 0 Å². The van der Waals surface area contributed by atoms with Gasteiger partial charge >= 0.3 is 0 Å². The molecule has 0 radical (unpaired) electrons. The normalized spacial score (nSPS) is 19.8. The van der Waals surface area contributed by atoms with Crippen LogP contribution in [0.4, 0.5) is 0 Å². The summed E-state index contributed by atoms with van der Waals surface area (Å²) >= 11 is 0. The summed E-state index contributed by atoms with van der Waals surface area (Å²) in [6, 6.07) is 0.939. The second-order valence-electron chi connectivity index (χ2n) is 4.41. The zero-order valence-corrected chi connectivity index (χ0v) is 8.97. The van der Waals surface area contributed by atoms with Gasteiger partial charge in [0.1, 0.15) is 0 Å². The van der Waals surface area contributed by atoms with Crippen LogP contribution in [0.3, 0.4) is 0 Å². The molecule has 1 aliphatic rings. The fourth-order valence-electron chi connectivity index (χ4n) is 1.86. The predicted molar refractivity (Wildman–Crippen MR) is 50.8 cm³/mol. The van der Waals surface area contributed by atoms with Crippen molar-refractivity contribution < 1.29 is 9.59 Å². The quantitative estimate of drug-likeness (QED) is 0.543. The lowest BCUT2D eigenvalue weighted by Gasteiger charge is -2.36. The Bertz CT molecular complexity index is 101. The molecule has 0 unspecified atom stereocenters. The van der Waals surface area contributed by atoms with Crippen molar-refractivity contribution in [2.45, 2.75) is 38.1 Å². The van der Waals surface area contributed by atoms with E-state index in [9.17, 15) is 0 Å². The molecule has 0 aromatic carbocycles. The number of hydrogen-bond donors (Lipinski definition) is 0. The van der Waals surface area contributed by atoms with Crippen LogP contribution in [0.25, 0.3) is 0 Å². The Morgan fingerprint density at radius 1 is 0.917 bits per heavy atom. The summed E-state index contributed by atoms with van der Waals surface area (Å²) in [4.78, 5) is 0. The molecule has 0 amide bonds. The van der Waals surface area contributed by atoms with E-state index in [4.69, 9.17) is 5.11 Å². The highest BCUT2D eigenvalue weighted by atomic mass is 16.2. The van der Waals surface area contributed by atoms with E-state index < -0.39 is 0 Å². The SMILES string of the molecule is C[N+](C)(C)C1CCCCC1.C[O-]. The van der Waals surface area contributed by atoms with Crippen molar-refractivity contribution >= 4 is 0 Å². The van der Waals surface area contributed by atoms with Gasteiger partial charge < -0.3 is 9.59 Å². The molecule has 0 heterocycles. The number of quaternary nitrogens is 1. The Hall–Kier alpha value is -0.0800. The van der Waals surface area contributed by atoms with Crippen molar-refractivity contribution in [3.05, 3.63) is 0 Å². The average molecular weight is 173 g/mol. The van der Waals surface area contributed by atoms with Crippen LogP contribution in [0, 0.1) is 0 Å². The Morgan fingerprint density at radius 2 is 1.33 bits per heavy atom. The molecule has 12 heavy (non-hydrogen) atoms. The smallest absolute Gasteiger partial charge is 0.0884 e. The van der Waals surface area contributed by atoms with Gasteiger partial charge in [0.2, 0.25) is 0 Å². The lowest BCUT2D eigenvalue weighted by atomic mass is 9.94. The zero-order chi connectivity index (χ0) is 9.61. The van der Waals surface area contributed by atoms with E-state index in [2.05, 4.69) is 21.1 Å². The molecule has 0 aliphatic heterocycles. The van der Waals surface area contributed by atoms with E-state index in [0.29, 0.717) is 0 Å². The summed E-state index contributed by atoms with van der Waals surface area (Å²) in [5.74, 6) is 0. The van der Waals surface area contributed by atoms with E-state index in [1.165, 1.54) is 36.6 Å². The first-order valence-corrected chi connectivity index (χ1v) is 4.82. The molecule has 0 bridgehead atoms. The summed E-state index contributed by atoms with van der Waals surface area (Å²) < 4.78 is 1.17. The van der Waals surface area contributed by atoms with E-state index in [1.54, 1.807) is 0 Å². The van der Waals surface area contributed by atoms with Crippen molar-refractivity contribution in [2.24, 2.45) is 0 Å². The number of rotatable bonds is 1. The largest absolute Gasteiger partial charge is 0.857 e. The highest BCUT2D eigenvalue weighted by Crippen LogP contribution is 2.23. The van der Waals surface area contributed by atoms with Crippen LogP contribution in [0.1, 0.15) is 32.1 Å². The first kappa shape index (κ1) is 11.9. The summed E-state index contributed by atoms with van der Waals surface area (Å²) in [6.07, 6.45) is 7.28. The Kier molecular flexibility index (Phi) is 5.51. The summed E-state index contributed by atoms with van der Waals surface area (Å²) in [6.45, 7) is 0. The molecular weight excluding hydrogens is 150 g/mol. The van der Waals surface area contributed by atoms with E-state index in [1.807, 2.05) is 0 Å². The van der Waals surface area contributed by atoms with Gasteiger partial charge in [-0.2, -0.15) is 7.11 Å². The summed E-state index contributed by atoms with van der Waals surface area (Å²) in [5, 5.41) is 8.25. The van der Waals surface area contributed by atoms with Crippen LogP contribution in [-0.4, -0.2) is 38.8 Å². The number of nitrogens with zero attached hydrogens (tertiary/aromatic N) is 1. The second kappa shape index (κ2) is 5.55. The van der Waals surface area contributed by atoms with E-state index in [0.717, 1.165) is 13.2 Å². The molecular formula is C10H23NO. The molecule has 1 fully saturated rings. The van der Waals surface area contributed by atoms with Crippen LogP contribution < -0.4 is 5.11 Å². The summed E-state index contributed by atoms with van der Waals surface area (Å²) in [5.41, 5.74) is 0.